The van der Waals surface area contributed by atoms with Crippen molar-refractivity contribution in [3.8, 4) is 0 Å². The van der Waals surface area contributed by atoms with Gasteiger partial charge in [-0.1, -0.05) is 0 Å². The smallest absolute Gasteiger partial charge is 0.257 e. The quantitative estimate of drug-likeness (QED) is 0.328. The number of hydrogen-bond acceptors (Lipinski definition) is 3. The predicted molar refractivity (Wildman–Crippen MR) is 94.5 cm³/mol. The molecule has 3 heterocycles. The molecular formula is C17H14N6O. The number of anilines is 1. The van der Waals surface area contributed by atoms with Crippen LogP contribution in [-0.4, -0.2) is 21.8 Å². The van der Waals surface area contributed by atoms with Crippen LogP contribution in [-0.2, 0) is 4.79 Å². The van der Waals surface area contributed by atoms with Gasteiger partial charge in [-0.2, -0.15) is 0 Å². The third-order valence-corrected chi connectivity index (χ3v) is 3.83. The number of nitrogens with one attached hydrogen (secondary N) is 2. The first-order valence-corrected chi connectivity index (χ1v) is 7.31. The second-order valence-electron chi connectivity index (χ2n) is 5.42. The second-order valence-corrected chi connectivity index (χ2v) is 5.42. The van der Waals surface area contributed by atoms with Crippen molar-refractivity contribution < 1.29 is 4.79 Å². The molecule has 0 fully saturated rings. The summed E-state index contributed by atoms with van der Waals surface area (Å²) in [4.78, 5) is 23.6. The van der Waals surface area contributed by atoms with Gasteiger partial charge in [0.15, 0.2) is 5.96 Å². The fraction of sp³-hybridized carbons (Fsp3) is 0. The summed E-state index contributed by atoms with van der Waals surface area (Å²) in [6.45, 7) is 0. The van der Waals surface area contributed by atoms with Gasteiger partial charge >= 0.3 is 0 Å². The van der Waals surface area contributed by atoms with Crippen molar-refractivity contribution >= 4 is 45.9 Å². The molecule has 0 bridgehead atoms. The number of carbonyl (C=O) groups is 1. The zero-order chi connectivity index (χ0) is 16.7. The number of amides is 1. The largest absolute Gasteiger partial charge is 0.370 e. The summed E-state index contributed by atoms with van der Waals surface area (Å²) < 4.78 is 0. The standard InChI is InChI=1S/C17H14N6O/c18-17(19)22-10-3-4-14-12(7-10)9(8-21-14)6-13-11-2-1-5-20-15(11)23-16(13)24/h1-8,21H,(H4,18,19,22)(H,20,23,24). The third-order valence-electron chi connectivity index (χ3n) is 3.83. The highest BCUT2D eigenvalue weighted by atomic mass is 16.2. The molecule has 1 aromatic carbocycles. The van der Waals surface area contributed by atoms with Gasteiger partial charge in [0.25, 0.3) is 5.91 Å². The average molecular weight is 318 g/mol. The number of hydrogen-bond donors (Lipinski definition) is 4. The van der Waals surface area contributed by atoms with Gasteiger partial charge in [-0.05, 0) is 36.4 Å². The molecule has 3 aromatic rings. The molecule has 118 valence electrons. The molecule has 0 spiro atoms. The molecule has 6 N–H and O–H groups in total. The van der Waals surface area contributed by atoms with E-state index in [1.807, 2.05) is 36.5 Å². The molecule has 2 aromatic heterocycles. The molecule has 0 atom stereocenters. The van der Waals surface area contributed by atoms with Crippen molar-refractivity contribution in [1.82, 2.24) is 9.97 Å². The first kappa shape index (κ1) is 14.0. The van der Waals surface area contributed by atoms with E-state index in [0.29, 0.717) is 17.1 Å². The summed E-state index contributed by atoms with van der Waals surface area (Å²) in [5, 5.41) is 3.69. The Bertz CT molecular complexity index is 1030. The molecule has 0 radical (unpaired) electrons. The van der Waals surface area contributed by atoms with Crippen LogP contribution >= 0.6 is 0 Å². The Balaban J connectivity index is 1.85. The van der Waals surface area contributed by atoms with E-state index in [0.717, 1.165) is 22.0 Å². The molecule has 7 heteroatoms. The summed E-state index contributed by atoms with van der Waals surface area (Å²) in [6.07, 6.45) is 5.33. The Morgan fingerprint density at radius 1 is 1.25 bits per heavy atom. The van der Waals surface area contributed by atoms with Crippen molar-refractivity contribution in [3.05, 3.63) is 53.9 Å². The number of pyridine rings is 1. The molecule has 0 aliphatic carbocycles. The maximum absolute atomic E-state index is 12.2. The number of guanidine groups is 1. The van der Waals surface area contributed by atoms with Crippen LogP contribution in [0, 0.1) is 0 Å². The van der Waals surface area contributed by atoms with Crippen molar-refractivity contribution in [1.29, 1.82) is 0 Å². The third kappa shape index (κ3) is 2.28. The highest BCUT2D eigenvalue weighted by molar-refractivity contribution is 6.34. The Labute approximate surface area is 137 Å². The summed E-state index contributed by atoms with van der Waals surface area (Å²) >= 11 is 0. The van der Waals surface area contributed by atoms with E-state index < -0.39 is 0 Å². The van der Waals surface area contributed by atoms with Crippen molar-refractivity contribution in [2.24, 2.45) is 16.5 Å². The lowest BCUT2D eigenvalue weighted by Crippen LogP contribution is -2.21. The topological polar surface area (TPSA) is 122 Å². The van der Waals surface area contributed by atoms with E-state index in [4.69, 9.17) is 11.5 Å². The Hall–Kier alpha value is -3.61. The zero-order valence-electron chi connectivity index (χ0n) is 12.6. The Morgan fingerprint density at radius 3 is 2.96 bits per heavy atom. The highest BCUT2D eigenvalue weighted by Gasteiger charge is 2.24. The lowest BCUT2D eigenvalue weighted by Gasteiger charge is -1.99. The molecule has 0 unspecified atom stereocenters. The molecule has 4 rings (SSSR count). The van der Waals surface area contributed by atoms with Crippen LogP contribution in [0.25, 0.3) is 22.6 Å². The van der Waals surface area contributed by atoms with E-state index in [2.05, 4.69) is 20.3 Å². The van der Waals surface area contributed by atoms with Crippen molar-refractivity contribution in [2.75, 3.05) is 5.32 Å². The van der Waals surface area contributed by atoms with Crippen molar-refractivity contribution in [2.45, 2.75) is 0 Å². The van der Waals surface area contributed by atoms with Gasteiger partial charge in [0.2, 0.25) is 0 Å². The van der Waals surface area contributed by atoms with Crippen LogP contribution in [0.2, 0.25) is 0 Å². The minimum absolute atomic E-state index is 0.0000345. The number of aromatic amines is 1. The van der Waals surface area contributed by atoms with E-state index in [1.54, 1.807) is 12.3 Å². The number of aliphatic imine (C=N–C) groups is 1. The minimum atomic E-state index is -0.168. The number of fused-ring (bicyclic) bond motifs is 2. The van der Waals surface area contributed by atoms with Crippen molar-refractivity contribution in [3.63, 3.8) is 0 Å². The second kappa shape index (κ2) is 5.24. The molecule has 1 aliphatic rings. The van der Waals surface area contributed by atoms with Crippen LogP contribution in [0.4, 0.5) is 11.5 Å². The molecule has 24 heavy (non-hydrogen) atoms. The fourth-order valence-corrected chi connectivity index (χ4v) is 2.79. The monoisotopic (exact) mass is 318 g/mol. The SMILES string of the molecule is NC(N)=Nc1ccc2[nH]cc(C=C3C(=O)Nc4ncccc43)c2c1. The number of rotatable bonds is 2. The molecule has 0 saturated carbocycles. The number of benzene rings is 1. The van der Waals surface area contributed by atoms with E-state index >= 15 is 0 Å². The van der Waals surface area contributed by atoms with Crippen LogP contribution in [0.1, 0.15) is 11.1 Å². The number of H-pyrrole nitrogens is 1. The number of nitrogens with two attached hydrogens (primary N) is 2. The number of aromatic nitrogens is 2. The normalized spacial score (nSPS) is 14.7. The summed E-state index contributed by atoms with van der Waals surface area (Å²) in [6, 6.07) is 9.25. The maximum Gasteiger partial charge on any atom is 0.257 e. The minimum Gasteiger partial charge on any atom is -0.370 e. The van der Waals surface area contributed by atoms with Crippen LogP contribution in [0.5, 0.6) is 0 Å². The van der Waals surface area contributed by atoms with Crippen LogP contribution in [0.15, 0.2) is 47.7 Å². The van der Waals surface area contributed by atoms with Gasteiger partial charge in [0.1, 0.15) is 5.82 Å². The van der Waals surface area contributed by atoms with Gasteiger partial charge in [0, 0.05) is 34.4 Å². The van der Waals surface area contributed by atoms with Crippen LogP contribution < -0.4 is 16.8 Å². The van der Waals surface area contributed by atoms with Gasteiger partial charge in [-0.25, -0.2) is 9.98 Å². The zero-order valence-corrected chi connectivity index (χ0v) is 12.6. The average Bonchev–Trinajstić information content (AvgIpc) is 3.09. The lowest BCUT2D eigenvalue weighted by molar-refractivity contribution is -0.110. The van der Waals surface area contributed by atoms with Gasteiger partial charge in [-0.3, -0.25) is 4.79 Å². The lowest BCUT2D eigenvalue weighted by atomic mass is 10.0. The summed E-state index contributed by atoms with van der Waals surface area (Å²) in [7, 11) is 0. The van der Waals surface area contributed by atoms with Gasteiger partial charge < -0.3 is 21.8 Å². The number of carbonyl (C=O) groups excluding carboxylic acids is 1. The summed E-state index contributed by atoms with van der Waals surface area (Å²) in [5.41, 5.74) is 14.7. The Morgan fingerprint density at radius 2 is 2.12 bits per heavy atom. The van der Waals surface area contributed by atoms with E-state index in [9.17, 15) is 4.79 Å². The van der Waals surface area contributed by atoms with Crippen LogP contribution in [0.3, 0.4) is 0 Å². The van der Waals surface area contributed by atoms with Gasteiger partial charge in [-0.15, -0.1) is 0 Å². The van der Waals surface area contributed by atoms with Gasteiger partial charge in [0.05, 0.1) is 11.3 Å². The first-order chi connectivity index (χ1) is 11.6. The Kier molecular flexibility index (Phi) is 3.06. The number of nitrogens with zero attached hydrogens (tertiary/aromatic N) is 2. The predicted octanol–water partition coefficient (Wildman–Crippen LogP) is 1.96. The maximum atomic E-state index is 12.2. The molecule has 1 amide bonds. The molecule has 0 saturated heterocycles. The highest BCUT2D eigenvalue weighted by Crippen LogP contribution is 2.33. The fourth-order valence-electron chi connectivity index (χ4n) is 2.79. The molecular weight excluding hydrogens is 304 g/mol. The molecule has 1 aliphatic heterocycles. The molecule has 7 nitrogen and oxygen atoms in total. The van der Waals surface area contributed by atoms with E-state index in [1.165, 1.54) is 0 Å². The first-order valence-electron chi connectivity index (χ1n) is 7.31. The van der Waals surface area contributed by atoms with E-state index in [-0.39, 0.29) is 11.9 Å². The summed E-state index contributed by atoms with van der Waals surface area (Å²) in [5.74, 6) is 0.410.